The zero-order valence-electron chi connectivity index (χ0n) is 14.4. The van der Waals surface area contributed by atoms with Crippen molar-refractivity contribution in [3.63, 3.8) is 0 Å². The van der Waals surface area contributed by atoms with Crippen molar-refractivity contribution in [1.82, 2.24) is 5.32 Å². The largest absolute Gasteiger partial charge is 0.493 e. The molecule has 2 N–H and O–H groups in total. The number of carbonyl (C=O) groups excluding carboxylic acids is 2. The summed E-state index contributed by atoms with van der Waals surface area (Å²) in [4.78, 5) is 24.3. The first-order valence-corrected chi connectivity index (χ1v) is 8.08. The van der Waals surface area contributed by atoms with Crippen molar-refractivity contribution >= 4 is 17.5 Å². The van der Waals surface area contributed by atoms with E-state index < -0.39 is 0 Å². The maximum Gasteiger partial charge on any atom is 0.262 e. The van der Waals surface area contributed by atoms with Gasteiger partial charge in [0, 0.05) is 6.54 Å². The van der Waals surface area contributed by atoms with Crippen molar-refractivity contribution in [2.75, 3.05) is 25.6 Å². The quantitative estimate of drug-likeness (QED) is 0.773. The molecule has 6 heteroatoms. The number of hydrogen-bond donors (Lipinski definition) is 2. The van der Waals surface area contributed by atoms with E-state index in [1.54, 1.807) is 42.5 Å². The number of carbonyl (C=O) groups is 2. The number of rotatable bonds is 8. The highest BCUT2D eigenvalue weighted by Gasteiger charge is 2.13. The Labute approximate surface area is 147 Å². The van der Waals surface area contributed by atoms with Crippen LogP contribution >= 0.6 is 0 Å². The highest BCUT2D eigenvalue weighted by atomic mass is 16.5. The minimum Gasteiger partial charge on any atom is -0.493 e. The summed E-state index contributed by atoms with van der Waals surface area (Å²) in [5.74, 6) is 0.453. The molecule has 2 rings (SSSR count). The molecule has 0 bridgehead atoms. The fourth-order valence-corrected chi connectivity index (χ4v) is 2.19. The Bertz CT molecular complexity index is 731. The highest BCUT2D eigenvalue weighted by Crippen LogP contribution is 2.25. The molecule has 0 radical (unpaired) electrons. The first-order valence-electron chi connectivity index (χ1n) is 8.08. The molecule has 0 aliphatic rings. The summed E-state index contributed by atoms with van der Waals surface area (Å²) in [7, 11) is 1.54. The van der Waals surface area contributed by atoms with E-state index in [0.717, 1.165) is 6.42 Å². The van der Waals surface area contributed by atoms with E-state index in [2.05, 4.69) is 10.6 Å². The zero-order valence-corrected chi connectivity index (χ0v) is 14.4. The van der Waals surface area contributed by atoms with Crippen LogP contribution in [0.25, 0.3) is 0 Å². The topological polar surface area (TPSA) is 76.7 Å². The summed E-state index contributed by atoms with van der Waals surface area (Å²) < 4.78 is 10.7. The minimum absolute atomic E-state index is 0.189. The Morgan fingerprint density at radius 2 is 1.68 bits per heavy atom. The van der Waals surface area contributed by atoms with Gasteiger partial charge in [0.15, 0.2) is 18.1 Å². The van der Waals surface area contributed by atoms with Gasteiger partial charge >= 0.3 is 0 Å². The third kappa shape index (κ3) is 5.24. The van der Waals surface area contributed by atoms with Crippen LogP contribution in [-0.2, 0) is 4.79 Å². The van der Waals surface area contributed by atoms with E-state index in [-0.39, 0.29) is 18.4 Å². The van der Waals surface area contributed by atoms with Crippen LogP contribution in [0, 0.1) is 0 Å². The van der Waals surface area contributed by atoms with Gasteiger partial charge in [-0.05, 0) is 30.7 Å². The van der Waals surface area contributed by atoms with Crippen molar-refractivity contribution in [2.24, 2.45) is 0 Å². The monoisotopic (exact) mass is 342 g/mol. The molecule has 2 aromatic rings. The Hall–Kier alpha value is -3.02. The van der Waals surface area contributed by atoms with Gasteiger partial charge in [0.05, 0.1) is 18.4 Å². The Morgan fingerprint density at radius 3 is 2.40 bits per heavy atom. The van der Waals surface area contributed by atoms with Gasteiger partial charge < -0.3 is 20.1 Å². The normalized spacial score (nSPS) is 10.0. The molecule has 0 aromatic heterocycles. The van der Waals surface area contributed by atoms with Gasteiger partial charge in [-0.3, -0.25) is 9.59 Å². The van der Waals surface area contributed by atoms with Crippen LogP contribution in [0.2, 0.25) is 0 Å². The van der Waals surface area contributed by atoms with Crippen LogP contribution in [0.1, 0.15) is 23.7 Å². The van der Waals surface area contributed by atoms with Crippen LogP contribution in [0.4, 0.5) is 5.69 Å². The summed E-state index contributed by atoms with van der Waals surface area (Å²) in [5.41, 5.74) is 0.867. The number of para-hydroxylation sites is 3. The lowest BCUT2D eigenvalue weighted by atomic mass is 10.1. The minimum atomic E-state index is -0.360. The molecule has 25 heavy (non-hydrogen) atoms. The van der Waals surface area contributed by atoms with Crippen molar-refractivity contribution in [1.29, 1.82) is 0 Å². The van der Waals surface area contributed by atoms with E-state index in [9.17, 15) is 9.59 Å². The first-order chi connectivity index (χ1) is 12.2. The van der Waals surface area contributed by atoms with Crippen molar-refractivity contribution in [3.05, 3.63) is 54.1 Å². The summed E-state index contributed by atoms with van der Waals surface area (Å²) in [6.45, 7) is 2.37. The molecule has 0 heterocycles. The third-order valence-corrected chi connectivity index (χ3v) is 3.41. The second kappa shape index (κ2) is 9.32. The standard InChI is InChI=1S/C19H22N2O4/c1-3-12-20-19(23)14-8-4-5-9-15(14)21-18(22)13-25-17-11-7-6-10-16(17)24-2/h4-11H,3,12-13H2,1-2H3,(H,20,23)(H,21,22). The van der Waals surface area contributed by atoms with Crippen molar-refractivity contribution in [3.8, 4) is 11.5 Å². The maximum atomic E-state index is 12.2. The summed E-state index contributed by atoms with van der Waals surface area (Å²) in [6, 6.07) is 13.9. The molecule has 0 aliphatic carbocycles. The summed E-state index contributed by atoms with van der Waals surface area (Å²) in [6.07, 6.45) is 0.840. The van der Waals surface area contributed by atoms with Crippen LogP contribution in [0.3, 0.4) is 0 Å². The first kappa shape index (κ1) is 18.3. The molecule has 2 aromatic carbocycles. The number of nitrogens with one attached hydrogen (secondary N) is 2. The van der Waals surface area contributed by atoms with Gasteiger partial charge in [-0.25, -0.2) is 0 Å². The van der Waals surface area contributed by atoms with Gasteiger partial charge in [-0.2, -0.15) is 0 Å². The summed E-state index contributed by atoms with van der Waals surface area (Å²) >= 11 is 0. The molecule has 0 aliphatic heterocycles. The van der Waals surface area contributed by atoms with E-state index in [1.165, 1.54) is 7.11 Å². The second-order valence-electron chi connectivity index (χ2n) is 5.29. The molecule has 2 amide bonds. The van der Waals surface area contributed by atoms with Gasteiger partial charge in [0.25, 0.3) is 11.8 Å². The second-order valence-corrected chi connectivity index (χ2v) is 5.29. The number of ether oxygens (including phenoxy) is 2. The average Bonchev–Trinajstić information content (AvgIpc) is 2.65. The molecule has 0 atom stereocenters. The Kier molecular flexibility index (Phi) is 6.83. The molecule has 0 spiro atoms. The van der Waals surface area contributed by atoms with Gasteiger partial charge in [0.2, 0.25) is 0 Å². The molecular formula is C19H22N2O4. The fourth-order valence-electron chi connectivity index (χ4n) is 2.19. The SMILES string of the molecule is CCCNC(=O)c1ccccc1NC(=O)COc1ccccc1OC. The van der Waals surface area contributed by atoms with Gasteiger partial charge in [-0.1, -0.05) is 31.2 Å². The van der Waals surface area contributed by atoms with Crippen LogP contribution < -0.4 is 20.1 Å². The van der Waals surface area contributed by atoms with E-state index in [1.807, 2.05) is 13.0 Å². The highest BCUT2D eigenvalue weighted by molar-refractivity contribution is 6.04. The summed E-state index contributed by atoms with van der Waals surface area (Å²) in [5, 5.41) is 5.51. The zero-order chi connectivity index (χ0) is 18.1. The van der Waals surface area contributed by atoms with Gasteiger partial charge in [0.1, 0.15) is 0 Å². The third-order valence-electron chi connectivity index (χ3n) is 3.41. The van der Waals surface area contributed by atoms with E-state index >= 15 is 0 Å². The van der Waals surface area contributed by atoms with E-state index in [0.29, 0.717) is 29.3 Å². The van der Waals surface area contributed by atoms with Gasteiger partial charge in [-0.15, -0.1) is 0 Å². The van der Waals surface area contributed by atoms with Crippen molar-refractivity contribution < 1.29 is 19.1 Å². The predicted molar refractivity (Wildman–Crippen MR) is 96.2 cm³/mol. The molecule has 0 fully saturated rings. The maximum absolute atomic E-state index is 12.2. The fraction of sp³-hybridized carbons (Fsp3) is 0.263. The van der Waals surface area contributed by atoms with E-state index in [4.69, 9.17) is 9.47 Å². The molecule has 132 valence electrons. The van der Waals surface area contributed by atoms with Crippen molar-refractivity contribution in [2.45, 2.75) is 13.3 Å². The number of anilines is 1. The molecule has 6 nitrogen and oxygen atoms in total. The van der Waals surface area contributed by atoms with Crippen LogP contribution in [0.15, 0.2) is 48.5 Å². The number of benzene rings is 2. The lowest BCUT2D eigenvalue weighted by Crippen LogP contribution is -2.27. The molecular weight excluding hydrogens is 320 g/mol. The number of methoxy groups -OCH3 is 1. The van der Waals surface area contributed by atoms with Crippen LogP contribution in [-0.4, -0.2) is 32.1 Å². The Balaban J connectivity index is 2.00. The molecule has 0 saturated heterocycles. The molecule has 0 unspecified atom stereocenters. The molecule has 0 saturated carbocycles. The average molecular weight is 342 g/mol. The number of hydrogen-bond acceptors (Lipinski definition) is 4. The predicted octanol–water partition coefficient (Wildman–Crippen LogP) is 2.85. The van der Waals surface area contributed by atoms with Crippen LogP contribution in [0.5, 0.6) is 11.5 Å². The lowest BCUT2D eigenvalue weighted by molar-refractivity contribution is -0.118. The Morgan fingerprint density at radius 1 is 1.00 bits per heavy atom. The smallest absolute Gasteiger partial charge is 0.262 e. The lowest BCUT2D eigenvalue weighted by Gasteiger charge is -2.13. The number of amides is 2.